The Hall–Kier alpha value is -7.17. The summed E-state index contributed by atoms with van der Waals surface area (Å²) in [6, 6.07) is 63.5. The fraction of sp³-hybridized carbons (Fsp3) is 0. The summed E-state index contributed by atoms with van der Waals surface area (Å²) in [4.78, 5) is 13.9. The summed E-state index contributed by atoms with van der Waals surface area (Å²) >= 11 is 0. The molecule has 11 rings (SSSR count). The van der Waals surface area contributed by atoms with Crippen molar-refractivity contribution >= 4 is 65.4 Å². The molecule has 0 aliphatic heterocycles. The van der Waals surface area contributed by atoms with E-state index in [1.54, 1.807) is 0 Å². The first-order chi connectivity index (χ1) is 26.2. The Morgan fingerprint density at radius 2 is 0.792 bits per heavy atom. The minimum Gasteiger partial charge on any atom is -0.422 e. The van der Waals surface area contributed by atoms with Gasteiger partial charge in [0.1, 0.15) is 5.58 Å². The van der Waals surface area contributed by atoms with E-state index in [9.17, 15) is 4.79 Å². The zero-order valence-corrected chi connectivity index (χ0v) is 28.5. The maximum absolute atomic E-state index is 13.9. The van der Waals surface area contributed by atoms with Gasteiger partial charge in [-0.15, -0.1) is 0 Å². The van der Waals surface area contributed by atoms with Gasteiger partial charge in [-0.1, -0.05) is 115 Å². The lowest BCUT2D eigenvalue weighted by Crippen LogP contribution is -2.03. The summed E-state index contributed by atoms with van der Waals surface area (Å²) in [6.07, 6.45) is 0. The summed E-state index contributed by atoms with van der Waals surface area (Å²) in [6.45, 7) is 0. The van der Waals surface area contributed by atoms with Crippen molar-refractivity contribution in [3.63, 3.8) is 0 Å². The van der Waals surface area contributed by atoms with E-state index >= 15 is 0 Å². The summed E-state index contributed by atoms with van der Waals surface area (Å²) < 4.78 is 10.7. The Bertz CT molecular complexity index is 3300. The van der Waals surface area contributed by atoms with Gasteiger partial charge in [0, 0.05) is 49.8 Å². The van der Waals surface area contributed by atoms with Crippen LogP contribution < -0.4 is 5.63 Å². The second kappa shape index (κ2) is 11.4. The highest BCUT2D eigenvalue weighted by Crippen LogP contribution is 2.38. The van der Waals surface area contributed by atoms with Crippen LogP contribution in [0, 0.1) is 0 Å². The molecule has 4 heteroatoms. The van der Waals surface area contributed by atoms with Crippen LogP contribution in [0.15, 0.2) is 191 Å². The largest absolute Gasteiger partial charge is 0.422 e. The first-order valence-corrected chi connectivity index (χ1v) is 17.9. The topological polar surface area (TPSA) is 40.1 Å². The Labute approximate surface area is 304 Å². The smallest absolute Gasteiger partial charge is 0.344 e. The highest BCUT2D eigenvalue weighted by Gasteiger charge is 2.18. The lowest BCUT2D eigenvalue weighted by atomic mass is 10.0. The molecule has 0 bridgehead atoms. The van der Waals surface area contributed by atoms with E-state index in [0.717, 1.165) is 44.2 Å². The first kappa shape index (κ1) is 29.5. The number of nitrogens with zero attached hydrogens (tertiary/aromatic N) is 2. The number of hydrogen-bond donors (Lipinski definition) is 0. The van der Waals surface area contributed by atoms with Gasteiger partial charge < -0.3 is 13.6 Å². The van der Waals surface area contributed by atoms with Crippen LogP contribution in [0.3, 0.4) is 0 Å². The van der Waals surface area contributed by atoms with E-state index in [0.29, 0.717) is 11.0 Å². The molecule has 0 aliphatic rings. The summed E-state index contributed by atoms with van der Waals surface area (Å²) in [5.74, 6) is 0. The van der Waals surface area contributed by atoms with Crippen LogP contribution in [0.4, 0.5) is 0 Å². The molecule has 53 heavy (non-hydrogen) atoms. The predicted molar refractivity (Wildman–Crippen MR) is 220 cm³/mol. The van der Waals surface area contributed by atoms with Crippen molar-refractivity contribution in [1.29, 1.82) is 0 Å². The molecule has 4 nitrogen and oxygen atoms in total. The maximum Gasteiger partial charge on any atom is 0.344 e. The molecule has 0 aliphatic carbocycles. The number of aromatic nitrogens is 2. The second-order valence-electron chi connectivity index (χ2n) is 13.7. The average Bonchev–Trinajstić information content (AvgIpc) is 3.73. The minimum atomic E-state index is -0.353. The molecule has 0 saturated heterocycles. The Balaban J connectivity index is 1.06. The highest BCUT2D eigenvalue weighted by molar-refractivity contribution is 6.13. The second-order valence-corrected chi connectivity index (χ2v) is 13.7. The van der Waals surface area contributed by atoms with Crippen LogP contribution in [0.25, 0.3) is 99.0 Å². The monoisotopic (exact) mass is 678 g/mol. The van der Waals surface area contributed by atoms with Gasteiger partial charge in [-0.3, -0.25) is 0 Å². The van der Waals surface area contributed by atoms with Gasteiger partial charge in [-0.2, -0.15) is 0 Å². The van der Waals surface area contributed by atoms with Crippen LogP contribution in [-0.4, -0.2) is 9.13 Å². The molecular formula is C49H30N2O2. The first-order valence-electron chi connectivity index (χ1n) is 17.9. The number of benzene rings is 8. The van der Waals surface area contributed by atoms with Crippen LogP contribution in [0.1, 0.15) is 0 Å². The molecule has 0 saturated carbocycles. The van der Waals surface area contributed by atoms with E-state index < -0.39 is 0 Å². The SMILES string of the molecule is O=c1oc2cc(-n3c4ccccc4c4cc(-c5ccccc5)ccc43)ccc2c2ccc(-n3c4ccccc4c4cc(-c5ccccc5)ccc43)cc12. The molecule has 0 amide bonds. The molecule has 0 fully saturated rings. The number of rotatable bonds is 4. The van der Waals surface area contributed by atoms with Crippen LogP contribution in [0.5, 0.6) is 0 Å². The van der Waals surface area contributed by atoms with Gasteiger partial charge in [0.15, 0.2) is 0 Å². The average molecular weight is 679 g/mol. The van der Waals surface area contributed by atoms with E-state index in [-0.39, 0.29) is 5.63 Å². The molecule has 0 radical (unpaired) electrons. The fourth-order valence-corrected chi connectivity index (χ4v) is 8.31. The van der Waals surface area contributed by atoms with Crippen molar-refractivity contribution in [2.24, 2.45) is 0 Å². The summed E-state index contributed by atoms with van der Waals surface area (Å²) in [7, 11) is 0. The van der Waals surface area contributed by atoms with E-state index in [1.807, 2.05) is 24.3 Å². The standard InChI is InChI=1S/C49H30N2O2/c52-49-43-29-35(50-44-17-9-7-15-38(44)41-27-33(19-25-46(41)50)31-11-3-1-4-12-31)21-23-37(43)40-24-22-36(30-48(40)53-49)51-45-18-10-8-16-39(45)42-28-34(20-26-47(42)51)32-13-5-2-6-14-32/h1-30H. The predicted octanol–water partition coefficient (Wildman–Crippen LogP) is 12.5. The van der Waals surface area contributed by atoms with E-state index in [4.69, 9.17) is 4.42 Å². The highest BCUT2D eigenvalue weighted by atomic mass is 16.4. The van der Waals surface area contributed by atoms with Crippen molar-refractivity contribution in [2.45, 2.75) is 0 Å². The van der Waals surface area contributed by atoms with Crippen molar-refractivity contribution < 1.29 is 4.42 Å². The molecule has 248 valence electrons. The van der Waals surface area contributed by atoms with Crippen molar-refractivity contribution in [3.05, 3.63) is 192 Å². The maximum atomic E-state index is 13.9. The molecule has 0 spiro atoms. The van der Waals surface area contributed by atoms with Crippen molar-refractivity contribution in [3.8, 4) is 33.6 Å². The number of hydrogen-bond acceptors (Lipinski definition) is 2. The van der Waals surface area contributed by atoms with Crippen molar-refractivity contribution in [1.82, 2.24) is 9.13 Å². The molecule has 0 unspecified atom stereocenters. The quantitative estimate of drug-likeness (QED) is 0.137. The van der Waals surface area contributed by atoms with Gasteiger partial charge >= 0.3 is 5.63 Å². The molecular weight excluding hydrogens is 649 g/mol. The molecule has 3 heterocycles. The van der Waals surface area contributed by atoms with Crippen LogP contribution in [-0.2, 0) is 0 Å². The van der Waals surface area contributed by atoms with Gasteiger partial charge in [-0.05, 0) is 82.9 Å². The lowest BCUT2D eigenvalue weighted by molar-refractivity contribution is 0.569. The molecule has 11 aromatic rings. The van der Waals surface area contributed by atoms with Gasteiger partial charge in [0.25, 0.3) is 0 Å². The van der Waals surface area contributed by atoms with E-state index in [2.05, 4.69) is 167 Å². The van der Waals surface area contributed by atoms with Gasteiger partial charge in [0.05, 0.1) is 27.5 Å². The summed E-state index contributed by atoms with van der Waals surface area (Å²) in [5.41, 5.74) is 11.1. The number of para-hydroxylation sites is 2. The third kappa shape index (κ3) is 4.52. The molecule has 3 aromatic heterocycles. The van der Waals surface area contributed by atoms with E-state index in [1.165, 1.54) is 43.8 Å². The van der Waals surface area contributed by atoms with Gasteiger partial charge in [-0.25, -0.2) is 4.79 Å². The van der Waals surface area contributed by atoms with Gasteiger partial charge in [0.2, 0.25) is 0 Å². The third-order valence-electron chi connectivity index (χ3n) is 10.8. The normalized spacial score (nSPS) is 11.8. The Morgan fingerprint density at radius 3 is 1.36 bits per heavy atom. The molecule has 8 aromatic carbocycles. The minimum absolute atomic E-state index is 0.353. The molecule has 0 atom stereocenters. The third-order valence-corrected chi connectivity index (χ3v) is 10.8. The Kier molecular flexibility index (Phi) is 6.37. The fourth-order valence-electron chi connectivity index (χ4n) is 8.31. The van der Waals surface area contributed by atoms with Crippen LogP contribution >= 0.6 is 0 Å². The number of fused-ring (bicyclic) bond motifs is 9. The molecule has 0 N–H and O–H groups in total. The zero-order chi connectivity index (χ0) is 35.0. The summed E-state index contributed by atoms with van der Waals surface area (Å²) in [5, 5.41) is 7.01. The zero-order valence-electron chi connectivity index (χ0n) is 28.5. The van der Waals surface area contributed by atoms with Crippen molar-refractivity contribution in [2.75, 3.05) is 0 Å². The van der Waals surface area contributed by atoms with Crippen LogP contribution in [0.2, 0.25) is 0 Å². The lowest BCUT2D eigenvalue weighted by Gasteiger charge is -2.12. The Morgan fingerprint density at radius 1 is 0.321 bits per heavy atom.